The van der Waals surface area contributed by atoms with Gasteiger partial charge in [0.1, 0.15) is 30.0 Å². The maximum Gasteiger partial charge on any atom is 0.186 e. The normalized spacial score (nSPS) is 44.8. The van der Waals surface area contributed by atoms with Gasteiger partial charge in [0, 0.05) is 5.56 Å². The van der Waals surface area contributed by atoms with E-state index in [1.165, 1.54) is 0 Å². The SMILES string of the molecule is C[C@]1(CO[C@@H]2O[C@@H]3CO[C@H](c4ccccc4)O[C@@H]3[C@H](O)[C@H]2O)CO1. The fourth-order valence-corrected chi connectivity index (χ4v) is 2.96. The third-order valence-electron chi connectivity index (χ3n) is 4.60. The molecule has 1 aromatic carbocycles. The largest absolute Gasteiger partial charge is 0.387 e. The van der Waals surface area contributed by atoms with Gasteiger partial charge < -0.3 is 33.9 Å². The first kappa shape index (κ1) is 16.4. The highest BCUT2D eigenvalue weighted by Crippen LogP contribution is 2.35. The molecule has 7 atom stereocenters. The molecule has 24 heavy (non-hydrogen) atoms. The Morgan fingerprint density at radius 2 is 1.92 bits per heavy atom. The van der Waals surface area contributed by atoms with E-state index < -0.39 is 37.0 Å². The Bertz CT molecular complexity index is 559. The van der Waals surface area contributed by atoms with E-state index in [9.17, 15) is 10.2 Å². The molecule has 0 amide bonds. The van der Waals surface area contributed by atoms with Crippen molar-refractivity contribution in [3.63, 3.8) is 0 Å². The number of rotatable bonds is 4. The van der Waals surface area contributed by atoms with Gasteiger partial charge in [-0.3, -0.25) is 0 Å². The second-order valence-electron chi connectivity index (χ2n) is 6.75. The summed E-state index contributed by atoms with van der Waals surface area (Å²) in [5.41, 5.74) is 0.540. The van der Waals surface area contributed by atoms with Gasteiger partial charge in [-0.1, -0.05) is 30.3 Å². The van der Waals surface area contributed by atoms with Crippen LogP contribution in [0.5, 0.6) is 0 Å². The molecule has 3 aliphatic rings. The first-order valence-electron chi connectivity index (χ1n) is 8.15. The van der Waals surface area contributed by atoms with E-state index in [1.807, 2.05) is 37.3 Å². The highest BCUT2D eigenvalue weighted by Gasteiger charge is 2.50. The molecule has 0 saturated carbocycles. The van der Waals surface area contributed by atoms with Crippen molar-refractivity contribution in [2.75, 3.05) is 19.8 Å². The van der Waals surface area contributed by atoms with Crippen LogP contribution in [0, 0.1) is 0 Å². The third-order valence-corrected chi connectivity index (χ3v) is 4.60. The van der Waals surface area contributed by atoms with E-state index in [0.717, 1.165) is 5.56 Å². The first-order valence-corrected chi connectivity index (χ1v) is 8.15. The second-order valence-corrected chi connectivity index (χ2v) is 6.75. The fraction of sp³-hybridized carbons (Fsp3) is 0.647. The van der Waals surface area contributed by atoms with E-state index >= 15 is 0 Å². The van der Waals surface area contributed by atoms with Crippen LogP contribution in [0.2, 0.25) is 0 Å². The number of epoxide rings is 1. The molecular weight excluding hydrogens is 316 g/mol. The molecule has 3 saturated heterocycles. The van der Waals surface area contributed by atoms with Crippen LogP contribution >= 0.6 is 0 Å². The summed E-state index contributed by atoms with van der Waals surface area (Å²) in [6.07, 6.45) is -5.00. The van der Waals surface area contributed by atoms with Gasteiger partial charge in [-0.2, -0.15) is 0 Å². The average molecular weight is 338 g/mol. The van der Waals surface area contributed by atoms with Gasteiger partial charge in [0.05, 0.1) is 19.8 Å². The van der Waals surface area contributed by atoms with Crippen molar-refractivity contribution in [2.24, 2.45) is 0 Å². The van der Waals surface area contributed by atoms with Crippen molar-refractivity contribution in [1.82, 2.24) is 0 Å². The summed E-state index contributed by atoms with van der Waals surface area (Å²) in [4.78, 5) is 0. The van der Waals surface area contributed by atoms with Crippen LogP contribution in [0.15, 0.2) is 30.3 Å². The average Bonchev–Trinajstić information content (AvgIpc) is 3.35. The van der Waals surface area contributed by atoms with Crippen molar-refractivity contribution in [3.8, 4) is 0 Å². The molecule has 1 aromatic rings. The zero-order valence-corrected chi connectivity index (χ0v) is 13.4. The molecule has 7 heteroatoms. The molecule has 132 valence electrons. The molecule has 2 N–H and O–H groups in total. The van der Waals surface area contributed by atoms with Crippen molar-refractivity contribution in [3.05, 3.63) is 35.9 Å². The van der Waals surface area contributed by atoms with Gasteiger partial charge in [0.25, 0.3) is 0 Å². The van der Waals surface area contributed by atoms with E-state index in [0.29, 0.717) is 13.2 Å². The summed E-state index contributed by atoms with van der Waals surface area (Å²) >= 11 is 0. The van der Waals surface area contributed by atoms with Crippen molar-refractivity contribution in [1.29, 1.82) is 0 Å². The molecule has 0 aromatic heterocycles. The Morgan fingerprint density at radius 1 is 1.17 bits per heavy atom. The predicted molar refractivity (Wildman–Crippen MR) is 81.0 cm³/mol. The van der Waals surface area contributed by atoms with Gasteiger partial charge in [0.2, 0.25) is 0 Å². The van der Waals surface area contributed by atoms with Crippen LogP contribution in [-0.4, -0.2) is 66.3 Å². The molecule has 0 bridgehead atoms. The summed E-state index contributed by atoms with van der Waals surface area (Å²) in [5.74, 6) is 0. The summed E-state index contributed by atoms with van der Waals surface area (Å²) in [7, 11) is 0. The molecule has 0 aliphatic carbocycles. The Labute approximate surface area is 140 Å². The number of benzene rings is 1. The molecule has 0 unspecified atom stereocenters. The van der Waals surface area contributed by atoms with Crippen LogP contribution < -0.4 is 0 Å². The molecule has 7 nitrogen and oxygen atoms in total. The third kappa shape index (κ3) is 3.21. The van der Waals surface area contributed by atoms with E-state index in [4.69, 9.17) is 23.7 Å². The van der Waals surface area contributed by atoms with Gasteiger partial charge in [-0.15, -0.1) is 0 Å². The fourth-order valence-electron chi connectivity index (χ4n) is 2.96. The minimum Gasteiger partial charge on any atom is -0.387 e. The number of fused-ring (bicyclic) bond motifs is 1. The number of hydrogen-bond donors (Lipinski definition) is 2. The lowest BCUT2D eigenvalue weighted by atomic mass is 9.98. The summed E-state index contributed by atoms with van der Waals surface area (Å²) in [6.45, 7) is 3.09. The smallest absolute Gasteiger partial charge is 0.186 e. The standard InChI is InChI=1S/C17H22O7/c1-17(9-22-17)8-21-16-13(19)12(18)14-11(23-16)7-20-15(24-14)10-5-3-2-4-6-10/h2-6,11-16,18-19H,7-9H2,1H3/t11-,12-,13-,14+,15+,16-,17+/m1/s1. The Balaban J connectivity index is 1.41. The van der Waals surface area contributed by atoms with Crippen LogP contribution in [0.4, 0.5) is 0 Å². The Hall–Kier alpha value is -1.06. The highest BCUT2D eigenvalue weighted by atomic mass is 16.8. The van der Waals surface area contributed by atoms with Crippen LogP contribution in [-0.2, 0) is 23.7 Å². The van der Waals surface area contributed by atoms with Crippen LogP contribution in [0.25, 0.3) is 0 Å². The molecule has 3 heterocycles. The van der Waals surface area contributed by atoms with Crippen LogP contribution in [0.3, 0.4) is 0 Å². The van der Waals surface area contributed by atoms with Crippen molar-refractivity contribution >= 4 is 0 Å². The molecule has 0 radical (unpaired) electrons. The zero-order chi connectivity index (χ0) is 16.7. The molecule has 3 aliphatic heterocycles. The number of hydrogen-bond acceptors (Lipinski definition) is 7. The van der Waals surface area contributed by atoms with Gasteiger partial charge >= 0.3 is 0 Å². The number of aliphatic hydroxyl groups excluding tert-OH is 2. The lowest BCUT2D eigenvalue weighted by Gasteiger charge is -2.46. The molecule has 3 fully saturated rings. The summed E-state index contributed by atoms with van der Waals surface area (Å²) < 4.78 is 28.1. The monoisotopic (exact) mass is 338 g/mol. The molecule has 4 rings (SSSR count). The van der Waals surface area contributed by atoms with Gasteiger partial charge in [-0.25, -0.2) is 0 Å². The topological polar surface area (TPSA) is 89.9 Å². The number of aliphatic hydroxyl groups is 2. The van der Waals surface area contributed by atoms with E-state index in [1.54, 1.807) is 0 Å². The van der Waals surface area contributed by atoms with Gasteiger partial charge in [-0.05, 0) is 6.92 Å². The lowest BCUT2D eigenvalue weighted by Crippen LogP contribution is -2.62. The van der Waals surface area contributed by atoms with Gasteiger partial charge in [0.15, 0.2) is 12.6 Å². The van der Waals surface area contributed by atoms with E-state index in [2.05, 4.69) is 0 Å². The van der Waals surface area contributed by atoms with E-state index in [-0.39, 0.29) is 12.2 Å². The van der Waals surface area contributed by atoms with Crippen LogP contribution in [0.1, 0.15) is 18.8 Å². The van der Waals surface area contributed by atoms with Crippen molar-refractivity contribution in [2.45, 2.75) is 49.5 Å². The zero-order valence-electron chi connectivity index (χ0n) is 13.4. The maximum absolute atomic E-state index is 10.4. The summed E-state index contributed by atoms with van der Waals surface area (Å²) in [6, 6.07) is 9.46. The summed E-state index contributed by atoms with van der Waals surface area (Å²) in [5, 5.41) is 20.7. The second kappa shape index (κ2) is 6.34. The lowest BCUT2D eigenvalue weighted by molar-refractivity contribution is -0.362. The molecule has 0 spiro atoms. The first-order chi connectivity index (χ1) is 11.6. The Morgan fingerprint density at radius 3 is 2.62 bits per heavy atom. The highest BCUT2D eigenvalue weighted by molar-refractivity contribution is 5.16. The number of ether oxygens (including phenoxy) is 5. The molecular formula is C17H22O7. The minimum absolute atomic E-state index is 0.252. The maximum atomic E-state index is 10.4. The Kier molecular flexibility index (Phi) is 4.34. The quantitative estimate of drug-likeness (QED) is 0.766. The van der Waals surface area contributed by atoms with Crippen molar-refractivity contribution < 1.29 is 33.9 Å². The minimum atomic E-state index is -1.19. The predicted octanol–water partition coefficient (Wildman–Crippen LogP) is 0.353.